The Balaban J connectivity index is 2.43. The Labute approximate surface area is 102 Å². The van der Waals surface area contributed by atoms with Crippen molar-refractivity contribution in [3.05, 3.63) is 47.5 Å². The molecule has 17 heavy (non-hydrogen) atoms. The highest BCUT2D eigenvalue weighted by Gasteiger charge is 2.33. The Bertz CT molecular complexity index is 602. The molecule has 0 aromatic heterocycles. The van der Waals surface area contributed by atoms with Crippen molar-refractivity contribution in [2.24, 2.45) is 0 Å². The summed E-state index contributed by atoms with van der Waals surface area (Å²) in [5.41, 5.74) is 0.901. The summed E-state index contributed by atoms with van der Waals surface area (Å²) in [5, 5.41) is 2.19. The monoisotopic (exact) mass is 245 g/mol. The number of benzene rings is 2. The van der Waals surface area contributed by atoms with Crippen LogP contribution in [0.15, 0.2) is 36.4 Å². The number of imide groups is 1. The van der Waals surface area contributed by atoms with E-state index in [-0.39, 0.29) is 0 Å². The van der Waals surface area contributed by atoms with Crippen LogP contribution in [0.2, 0.25) is 0 Å². The van der Waals surface area contributed by atoms with Gasteiger partial charge < -0.3 is 0 Å². The summed E-state index contributed by atoms with van der Waals surface area (Å²) < 4.78 is 4.53. The standard InChI is InChI=1S/C12H7NO3S/c14-11-8-5-1-3-7-4-2-6-9(10(7)8)12(15)13(11)16-17/h1-6,17H. The van der Waals surface area contributed by atoms with E-state index in [0.717, 1.165) is 5.39 Å². The van der Waals surface area contributed by atoms with E-state index in [1.54, 1.807) is 24.3 Å². The molecule has 0 unspecified atom stereocenters. The summed E-state index contributed by atoms with van der Waals surface area (Å²) >= 11 is 3.54. The second-order valence-corrected chi connectivity index (χ2v) is 3.86. The molecule has 3 rings (SSSR count). The summed E-state index contributed by atoms with van der Waals surface area (Å²) in [4.78, 5) is 24.0. The number of thiol groups is 1. The van der Waals surface area contributed by atoms with Crippen molar-refractivity contribution in [3.8, 4) is 0 Å². The highest BCUT2D eigenvalue weighted by molar-refractivity contribution is 7.75. The molecule has 0 atom stereocenters. The van der Waals surface area contributed by atoms with Gasteiger partial charge in [0.15, 0.2) is 0 Å². The highest BCUT2D eigenvalue weighted by atomic mass is 32.1. The summed E-state index contributed by atoms with van der Waals surface area (Å²) in [5.74, 6) is -0.983. The third-order valence-corrected chi connectivity index (χ3v) is 2.98. The average Bonchev–Trinajstić information content (AvgIpc) is 2.36. The van der Waals surface area contributed by atoms with Crippen LogP contribution in [0.3, 0.4) is 0 Å². The van der Waals surface area contributed by atoms with Crippen LogP contribution in [0, 0.1) is 0 Å². The molecule has 1 aliphatic heterocycles. The van der Waals surface area contributed by atoms with Crippen LogP contribution >= 0.6 is 12.9 Å². The summed E-state index contributed by atoms with van der Waals surface area (Å²) in [6.07, 6.45) is 0. The molecule has 5 heteroatoms. The van der Waals surface area contributed by atoms with Crippen molar-refractivity contribution in [1.29, 1.82) is 0 Å². The van der Waals surface area contributed by atoms with Crippen LogP contribution in [0.5, 0.6) is 0 Å². The van der Waals surface area contributed by atoms with E-state index in [9.17, 15) is 9.59 Å². The Kier molecular flexibility index (Phi) is 2.17. The number of rotatable bonds is 1. The van der Waals surface area contributed by atoms with Gasteiger partial charge in [-0.15, -0.1) is 5.06 Å². The van der Waals surface area contributed by atoms with Crippen LogP contribution < -0.4 is 0 Å². The molecule has 0 saturated heterocycles. The minimum atomic E-state index is -0.491. The molecule has 84 valence electrons. The van der Waals surface area contributed by atoms with E-state index >= 15 is 0 Å². The van der Waals surface area contributed by atoms with Crippen LogP contribution in [0.4, 0.5) is 0 Å². The second kappa shape index (κ2) is 3.58. The molecule has 1 aliphatic rings. The Morgan fingerprint density at radius 3 is 1.94 bits per heavy atom. The second-order valence-electron chi connectivity index (χ2n) is 3.70. The molecule has 0 N–H and O–H groups in total. The van der Waals surface area contributed by atoms with Gasteiger partial charge in [0.05, 0.1) is 11.1 Å². The predicted molar refractivity (Wildman–Crippen MR) is 64.5 cm³/mol. The summed E-state index contributed by atoms with van der Waals surface area (Å²) in [6, 6.07) is 10.6. The lowest BCUT2D eigenvalue weighted by atomic mass is 9.95. The van der Waals surface area contributed by atoms with Crippen molar-refractivity contribution < 1.29 is 13.9 Å². The first-order valence-electron chi connectivity index (χ1n) is 4.96. The number of hydrogen-bond acceptors (Lipinski definition) is 4. The smallest absolute Gasteiger partial charge is 0.266 e. The summed E-state index contributed by atoms with van der Waals surface area (Å²) in [7, 11) is 0. The van der Waals surface area contributed by atoms with Crippen molar-refractivity contribution >= 4 is 35.5 Å². The highest BCUT2D eigenvalue weighted by Crippen LogP contribution is 2.30. The van der Waals surface area contributed by atoms with Gasteiger partial charge in [-0.3, -0.25) is 9.59 Å². The van der Waals surface area contributed by atoms with Gasteiger partial charge in [-0.25, -0.2) is 0 Å². The minimum Gasteiger partial charge on any atom is -0.266 e. The number of hydrogen-bond donors (Lipinski definition) is 1. The molecular formula is C12H7NO3S. The first kappa shape index (κ1) is 10.3. The number of amides is 2. The van der Waals surface area contributed by atoms with E-state index in [1.165, 1.54) is 0 Å². The maximum Gasteiger partial charge on any atom is 0.286 e. The van der Waals surface area contributed by atoms with E-state index in [2.05, 4.69) is 17.2 Å². The lowest BCUT2D eigenvalue weighted by molar-refractivity contribution is -0.00589. The van der Waals surface area contributed by atoms with Crippen LogP contribution in [-0.4, -0.2) is 16.9 Å². The van der Waals surface area contributed by atoms with E-state index < -0.39 is 11.8 Å². The lowest BCUT2D eigenvalue weighted by Gasteiger charge is -2.23. The van der Waals surface area contributed by atoms with Gasteiger partial charge >= 0.3 is 0 Å². The average molecular weight is 245 g/mol. The predicted octanol–water partition coefficient (Wildman–Crippen LogP) is 2.21. The first-order valence-corrected chi connectivity index (χ1v) is 5.32. The zero-order valence-corrected chi connectivity index (χ0v) is 9.48. The van der Waals surface area contributed by atoms with Crippen LogP contribution in [0.25, 0.3) is 10.8 Å². The van der Waals surface area contributed by atoms with Gasteiger partial charge in [0.25, 0.3) is 11.8 Å². The molecule has 4 nitrogen and oxygen atoms in total. The van der Waals surface area contributed by atoms with Crippen molar-refractivity contribution in [3.63, 3.8) is 0 Å². The molecule has 0 spiro atoms. The van der Waals surface area contributed by atoms with E-state index in [0.29, 0.717) is 21.6 Å². The maximum absolute atomic E-state index is 12.0. The first-order chi connectivity index (χ1) is 8.24. The number of carbonyl (C=O) groups excluding carboxylic acids is 2. The van der Waals surface area contributed by atoms with Crippen molar-refractivity contribution in [2.75, 3.05) is 0 Å². The van der Waals surface area contributed by atoms with E-state index in [4.69, 9.17) is 0 Å². The molecule has 0 saturated carbocycles. The largest absolute Gasteiger partial charge is 0.286 e. The molecule has 2 aromatic carbocycles. The Morgan fingerprint density at radius 2 is 1.47 bits per heavy atom. The van der Waals surface area contributed by atoms with Crippen LogP contribution in [-0.2, 0) is 4.28 Å². The molecule has 0 radical (unpaired) electrons. The fourth-order valence-electron chi connectivity index (χ4n) is 2.08. The Hall–Kier alpha value is -1.85. The topological polar surface area (TPSA) is 46.6 Å². The molecular weight excluding hydrogens is 238 g/mol. The number of nitrogens with zero attached hydrogens (tertiary/aromatic N) is 1. The SMILES string of the molecule is O=C1c2cccc3cccc(c23)C(=O)N1OS. The molecule has 0 aliphatic carbocycles. The van der Waals surface area contributed by atoms with Crippen molar-refractivity contribution in [1.82, 2.24) is 5.06 Å². The third-order valence-electron chi connectivity index (χ3n) is 2.82. The number of hydroxylamine groups is 2. The number of carbonyl (C=O) groups is 2. The molecule has 2 aromatic rings. The van der Waals surface area contributed by atoms with Crippen LogP contribution in [0.1, 0.15) is 20.7 Å². The fraction of sp³-hybridized carbons (Fsp3) is 0. The van der Waals surface area contributed by atoms with Crippen molar-refractivity contribution in [2.45, 2.75) is 0 Å². The van der Waals surface area contributed by atoms with Gasteiger partial charge in [-0.1, -0.05) is 24.3 Å². The zero-order valence-electron chi connectivity index (χ0n) is 8.58. The Morgan fingerprint density at radius 1 is 0.941 bits per heavy atom. The van der Waals surface area contributed by atoms with Gasteiger partial charge in [-0.05, 0) is 17.5 Å². The van der Waals surface area contributed by atoms with Gasteiger partial charge in [0.1, 0.15) is 0 Å². The molecule has 0 fully saturated rings. The van der Waals surface area contributed by atoms with E-state index in [1.807, 2.05) is 12.1 Å². The van der Waals surface area contributed by atoms with Gasteiger partial charge in [0.2, 0.25) is 0 Å². The molecule has 2 amide bonds. The van der Waals surface area contributed by atoms with Gasteiger partial charge in [-0.2, -0.15) is 4.28 Å². The molecule has 1 heterocycles. The fourth-order valence-corrected chi connectivity index (χ4v) is 2.23. The normalized spacial score (nSPS) is 14.5. The quantitative estimate of drug-likeness (QED) is 0.476. The zero-order chi connectivity index (χ0) is 12.0. The van der Waals surface area contributed by atoms with Gasteiger partial charge in [0, 0.05) is 18.3 Å². The molecule has 0 bridgehead atoms. The minimum absolute atomic E-state index is 0.451. The third kappa shape index (κ3) is 1.30. The summed E-state index contributed by atoms with van der Waals surface area (Å²) in [6.45, 7) is 0. The lowest BCUT2D eigenvalue weighted by Crippen LogP contribution is -2.38. The maximum atomic E-state index is 12.0.